The van der Waals surface area contributed by atoms with Crippen LogP contribution in [0.4, 0.5) is 10.5 Å². The van der Waals surface area contributed by atoms with Gasteiger partial charge in [-0.25, -0.2) is 9.69 Å². The Morgan fingerprint density at radius 1 is 1.21 bits per heavy atom. The van der Waals surface area contributed by atoms with Gasteiger partial charge in [-0.2, -0.15) is 0 Å². The number of ether oxygens (including phenoxy) is 2. The van der Waals surface area contributed by atoms with E-state index in [4.69, 9.17) is 21.1 Å². The smallest absolute Gasteiger partial charge is 0.333 e. The van der Waals surface area contributed by atoms with Crippen molar-refractivity contribution in [2.75, 3.05) is 11.5 Å². The second-order valence-electron chi connectivity index (χ2n) is 6.53. The third-order valence-electron chi connectivity index (χ3n) is 3.96. The first-order valence-corrected chi connectivity index (χ1v) is 10.5. The van der Waals surface area contributed by atoms with Crippen molar-refractivity contribution >= 4 is 57.9 Å². The van der Waals surface area contributed by atoms with Gasteiger partial charge in [-0.05, 0) is 91.4 Å². The zero-order chi connectivity index (χ0) is 21.1. The maximum absolute atomic E-state index is 12.8. The molecule has 0 aromatic heterocycles. The number of benzene rings is 2. The number of carbonyl (C=O) groups excluding carboxylic acids is 2. The quantitative estimate of drug-likeness (QED) is 0.318. The van der Waals surface area contributed by atoms with Gasteiger partial charge < -0.3 is 14.8 Å². The van der Waals surface area contributed by atoms with E-state index in [-0.39, 0.29) is 11.8 Å². The molecule has 1 aliphatic heterocycles. The molecular weight excluding hydrogens is 507 g/mol. The van der Waals surface area contributed by atoms with Crippen LogP contribution in [0.2, 0.25) is 5.02 Å². The molecule has 3 rings (SSSR count). The lowest BCUT2D eigenvalue weighted by atomic mass is 10.1. The largest absolute Gasteiger partial charge is 0.490 e. The zero-order valence-corrected chi connectivity index (χ0v) is 19.1. The highest BCUT2D eigenvalue weighted by molar-refractivity contribution is 14.1. The Morgan fingerprint density at radius 2 is 1.90 bits per heavy atom. The molecule has 1 fully saturated rings. The third-order valence-corrected chi connectivity index (χ3v) is 5.01. The summed E-state index contributed by atoms with van der Waals surface area (Å²) in [6.07, 6.45) is 1.62. The van der Waals surface area contributed by atoms with Crippen molar-refractivity contribution in [2.24, 2.45) is 0 Å². The zero-order valence-electron chi connectivity index (χ0n) is 16.2. The van der Waals surface area contributed by atoms with E-state index < -0.39 is 11.9 Å². The molecule has 0 atom stereocenters. The number of halogens is 2. The van der Waals surface area contributed by atoms with Crippen molar-refractivity contribution in [3.8, 4) is 11.5 Å². The average Bonchev–Trinajstić information content (AvgIpc) is 2.92. The Kier molecular flexibility index (Phi) is 6.69. The molecule has 29 heavy (non-hydrogen) atoms. The van der Waals surface area contributed by atoms with E-state index >= 15 is 0 Å². The monoisotopic (exact) mass is 526 g/mol. The van der Waals surface area contributed by atoms with E-state index in [9.17, 15) is 9.59 Å². The summed E-state index contributed by atoms with van der Waals surface area (Å²) in [5.74, 6) is 0.813. The van der Waals surface area contributed by atoms with Crippen molar-refractivity contribution in [3.05, 3.63) is 56.3 Å². The molecule has 1 aliphatic rings. The minimum atomic E-state index is -0.511. The highest BCUT2D eigenvalue weighted by Crippen LogP contribution is 2.36. The van der Waals surface area contributed by atoms with Crippen LogP contribution in [0.1, 0.15) is 26.3 Å². The van der Waals surface area contributed by atoms with Crippen LogP contribution in [0, 0.1) is 3.57 Å². The number of carbonyl (C=O) groups is 2. The first kappa shape index (κ1) is 21.4. The van der Waals surface area contributed by atoms with Crippen LogP contribution in [0.3, 0.4) is 0 Å². The summed E-state index contributed by atoms with van der Waals surface area (Å²) >= 11 is 8.06. The Bertz CT molecular complexity index is 973. The van der Waals surface area contributed by atoms with Gasteiger partial charge in [-0.15, -0.1) is 0 Å². The first-order valence-electron chi connectivity index (χ1n) is 9.05. The van der Waals surface area contributed by atoms with Crippen molar-refractivity contribution < 1.29 is 19.1 Å². The number of nitrogens with zero attached hydrogens (tertiary/aromatic N) is 1. The molecule has 0 aliphatic carbocycles. The van der Waals surface area contributed by atoms with Gasteiger partial charge in [0.25, 0.3) is 5.91 Å². The number of hydrogen-bond acceptors (Lipinski definition) is 4. The minimum absolute atomic E-state index is 0.00411. The second kappa shape index (κ2) is 9.04. The standard InChI is InChI=1S/C21H20ClIN2O4/c1-4-28-18-11-13(9-16(23)19(18)29-12(2)3)10-17-20(26)25(21(27)24-17)15-7-5-14(22)6-8-15/h5-12H,4H2,1-3H3,(H,24,27)/b17-10+. The highest BCUT2D eigenvalue weighted by atomic mass is 127. The Hall–Kier alpha value is -2.26. The summed E-state index contributed by atoms with van der Waals surface area (Å²) in [4.78, 5) is 26.2. The summed E-state index contributed by atoms with van der Waals surface area (Å²) in [7, 11) is 0. The molecule has 2 aromatic carbocycles. The van der Waals surface area contributed by atoms with Gasteiger partial charge in [-0.1, -0.05) is 11.6 Å². The van der Waals surface area contributed by atoms with Gasteiger partial charge in [0.05, 0.1) is 22.0 Å². The number of hydrogen-bond donors (Lipinski definition) is 1. The second-order valence-corrected chi connectivity index (χ2v) is 8.13. The molecular formula is C21H20ClIN2O4. The van der Waals surface area contributed by atoms with Crippen LogP contribution in [0.5, 0.6) is 11.5 Å². The molecule has 3 amide bonds. The SMILES string of the molecule is CCOc1cc(/C=C2/NC(=O)N(c3ccc(Cl)cc3)C2=O)cc(I)c1OC(C)C. The number of anilines is 1. The summed E-state index contributed by atoms with van der Waals surface area (Å²) in [5.41, 5.74) is 1.35. The maximum atomic E-state index is 12.8. The van der Waals surface area contributed by atoms with Crippen molar-refractivity contribution in [2.45, 2.75) is 26.9 Å². The number of rotatable bonds is 6. The van der Waals surface area contributed by atoms with Gasteiger partial charge in [0.15, 0.2) is 11.5 Å². The van der Waals surface area contributed by atoms with Crippen LogP contribution in [-0.2, 0) is 4.79 Å². The molecule has 0 bridgehead atoms. The first-order chi connectivity index (χ1) is 13.8. The molecule has 0 saturated carbocycles. The van der Waals surface area contributed by atoms with Gasteiger partial charge in [-0.3, -0.25) is 4.79 Å². The lowest BCUT2D eigenvalue weighted by Gasteiger charge is -2.17. The molecule has 0 spiro atoms. The molecule has 8 heteroatoms. The van der Waals surface area contributed by atoms with Crippen LogP contribution in [0.15, 0.2) is 42.1 Å². The van der Waals surface area contributed by atoms with Gasteiger partial charge in [0.2, 0.25) is 0 Å². The van der Waals surface area contributed by atoms with Crippen molar-refractivity contribution in [3.63, 3.8) is 0 Å². The maximum Gasteiger partial charge on any atom is 0.333 e. The number of amides is 3. The predicted octanol–water partition coefficient (Wildman–Crippen LogP) is 5.23. The normalized spacial score (nSPS) is 15.2. The Morgan fingerprint density at radius 3 is 2.52 bits per heavy atom. The van der Waals surface area contributed by atoms with Crippen molar-refractivity contribution in [1.82, 2.24) is 5.32 Å². The Labute approximate surface area is 188 Å². The average molecular weight is 527 g/mol. The molecule has 152 valence electrons. The van der Waals surface area contributed by atoms with Gasteiger partial charge >= 0.3 is 6.03 Å². The van der Waals surface area contributed by atoms with Crippen LogP contribution >= 0.6 is 34.2 Å². The van der Waals surface area contributed by atoms with E-state index in [1.54, 1.807) is 36.4 Å². The summed E-state index contributed by atoms with van der Waals surface area (Å²) in [5, 5.41) is 3.15. The van der Waals surface area contributed by atoms with E-state index in [1.807, 2.05) is 26.8 Å². The van der Waals surface area contributed by atoms with E-state index in [1.165, 1.54) is 0 Å². The molecule has 0 unspecified atom stereocenters. The number of nitrogens with one attached hydrogen (secondary N) is 1. The van der Waals surface area contributed by atoms with Crippen molar-refractivity contribution in [1.29, 1.82) is 0 Å². The lowest BCUT2D eigenvalue weighted by Crippen LogP contribution is -2.30. The van der Waals surface area contributed by atoms with E-state index in [2.05, 4.69) is 27.9 Å². The fourth-order valence-corrected chi connectivity index (χ4v) is 3.69. The fraction of sp³-hybridized carbons (Fsp3) is 0.238. The molecule has 1 heterocycles. The molecule has 6 nitrogen and oxygen atoms in total. The summed E-state index contributed by atoms with van der Waals surface area (Å²) in [6.45, 7) is 6.26. The third kappa shape index (κ3) is 4.84. The topological polar surface area (TPSA) is 67.9 Å². The molecule has 1 saturated heterocycles. The number of imide groups is 1. The molecule has 2 aromatic rings. The lowest BCUT2D eigenvalue weighted by molar-refractivity contribution is -0.113. The van der Waals surface area contributed by atoms with Gasteiger partial charge in [0.1, 0.15) is 5.70 Å². The molecule has 1 N–H and O–H groups in total. The highest BCUT2D eigenvalue weighted by Gasteiger charge is 2.34. The number of urea groups is 1. The summed E-state index contributed by atoms with van der Waals surface area (Å²) in [6, 6.07) is 9.66. The van der Waals surface area contributed by atoms with Crippen LogP contribution in [-0.4, -0.2) is 24.6 Å². The van der Waals surface area contributed by atoms with Crippen LogP contribution in [0.25, 0.3) is 6.08 Å². The van der Waals surface area contributed by atoms with E-state index in [0.29, 0.717) is 28.8 Å². The van der Waals surface area contributed by atoms with Crippen LogP contribution < -0.4 is 19.7 Å². The summed E-state index contributed by atoms with van der Waals surface area (Å²) < 4.78 is 12.4. The minimum Gasteiger partial charge on any atom is -0.490 e. The van der Waals surface area contributed by atoms with E-state index in [0.717, 1.165) is 14.0 Å². The Balaban J connectivity index is 1.94. The predicted molar refractivity (Wildman–Crippen MR) is 122 cm³/mol. The fourth-order valence-electron chi connectivity index (χ4n) is 2.81. The van der Waals surface area contributed by atoms with Gasteiger partial charge in [0, 0.05) is 5.02 Å². The molecule has 0 radical (unpaired) electrons.